The lowest BCUT2D eigenvalue weighted by Crippen LogP contribution is -2.21. The monoisotopic (exact) mass is 772 g/mol. The molecular weight excluding hydrogens is 737 g/mol. The average Bonchev–Trinajstić information content (AvgIpc) is 3.45. The number of imidazole rings is 1. The Hall–Kier alpha value is -6.34. The summed E-state index contributed by atoms with van der Waals surface area (Å²) < 4.78 is 92.9. The maximum atomic E-state index is 16.1. The molecule has 8 N–H and O–H groups in total. The highest BCUT2D eigenvalue weighted by molar-refractivity contribution is 5.99. The van der Waals surface area contributed by atoms with E-state index in [2.05, 4.69) is 5.32 Å². The second-order valence-corrected chi connectivity index (χ2v) is 11.1. The van der Waals surface area contributed by atoms with Crippen molar-refractivity contribution >= 4 is 29.4 Å². The largest absolute Gasteiger partial charge is 0.494 e. The standard InChI is InChI=1S/C30H33FN6O3.2C2HF3O2/c1-5-39-20-14-23(26(31)25(15-20)40-17(2)3)27(35-19-12-10-18(11-13-19)28(32)33)30-36-24(16-37(30)4)21-8-6-7-9-22(21)29(34)38;2*3-2(4,5)1(6)7/h6-17,27,35H,5H2,1-4H3,(H3,32,33)(H2,34,38);2*(H,6,7). The third-order valence-electron chi connectivity index (χ3n) is 6.66. The number of aryl methyl sites for hydroxylation is 1. The fourth-order valence-electron chi connectivity index (χ4n) is 4.39. The first-order valence-electron chi connectivity index (χ1n) is 15.3. The summed E-state index contributed by atoms with van der Waals surface area (Å²) in [4.78, 5) is 34.7. The van der Waals surface area contributed by atoms with Crippen LogP contribution in [0.4, 0.5) is 36.4 Å². The summed E-state index contributed by atoms with van der Waals surface area (Å²) in [5.74, 6) is -5.74. The number of nitrogens with zero attached hydrogens (tertiary/aromatic N) is 2. The number of carboxylic acids is 2. The Morgan fingerprint density at radius 2 is 1.48 bits per heavy atom. The van der Waals surface area contributed by atoms with E-state index in [4.69, 9.17) is 51.1 Å². The number of amidine groups is 1. The van der Waals surface area contributed by atoms with Crippen LogP contribution in [0.15, 0.2) is 66.9 Å². The Kier molecular flexibility index (Phi) is 15.0. The highest BCUT2D eigenvalue weighted by Gasteiger charge is 2.39. The van der Waals surface area contributed by atoms with Crippen LogP contribution in [0, 0.1) is 11.2 Å². The summed E-state index contributed by atoms with van der Waals surface area (Å²) in [6, 6.07) is 16.2. The normalized spacial score (nSPS) is 11.6. The lowest BCUT2D eigenvalue weighted by atomic mass is 10.0. The number of aromatic nitrogens is 2. The van der Waals surface area contributed by atoms with Crippen LogP contribution in [0.2, 0.25) is 0 Å². The molecule has 0 aliphatic heterocycles. The van der Waals surface area contributed by atoms with Crippen LogP contribution in [0.1, 0.15) is 54.1 Å². The van der Waals surface area contributed by atoms with E-state index >= 15 is 4.39 Å². The molecule has 1 aromatic heterocycles. The van der Waals surface area contributed by atoms with E-state index < -0.39 is 42.1 Å². The topological polar surface area (TPSA) is 216 Å². The van der Waals surface area contributed by atoms with Crippen LogP contribution < -0.4 is 26.3 Å². The van der Waals surface area contributed by atoms with Crippen molar-refractivity contribution in [1.29, 1.82) is 5.41 Å². The highest BCUT2D eigenvalue weighted by Crippen LogP contribution is 2.37. The molecule has 0 aliphatic rings. The molecule has 1 amide bonds. The molecule has 0 spiro atoms. The van der Waals surface area contributed by atoms with Crippen molar-refractivity contribution in [3.8, 4) is 22.8 Å². The van der Waals surface area contributed by atoms with Gasteiger partial charge in [-0.05, 0) is 57.2 Å². The molecule has 54 heavy (non-hydrogen) atoms. The van der Waals surface area contributed by atoms with Gasteiger partial charge in [0.05, 0.1) is 18.4 Å². The van der Waals surface area contributed by atoms with Crippen LogP contribution in [-0.2, 0) is 16.6 Å². The van der Waals surface area contributed by atoms with Gasteiger partial charge in [0.25, 0.3) is 0 Å². The molecule has 292 valence electrons. The summed E-state index contributed by atoms with van der Waals surface area (Å²) in [5, 5.41) is 25.3. The number of hydrogen-bond acceptors (Lipinski definition) is 8. The van der Waals surface area contributed by atoms with Crippen molar-refractivity contribution in [3.05, 3.63) is 95.2 Å². The van der Waals surface area contributed by atoms with Crippen LogP contribution in [0.25, 0.3) is 11.3 Å². The predicted octanol–water partition coefficient (Wildman–Crippen LogP) is 6.26. The third kappa shape index (κ3) is 12.4. The molecule has 0 saturated carbocycles. The predicted molar refractivity (Wildman–Crippen MR) is 181 cm³/mol. The summed E-state index contributed by atoms with van der Waals surface area (Å²) in [6.45, 7) is 5.87. The van der Waals surface area contributed by atoms with E-state index in [1.54, 1.807) is 72.4 Å². The van der Waals surface area contributed by atoms with Gasteiger partial charge in [0, 0.05) is 47.3 Å². The Morgan fingerprint density at radius 3 is 1.94 bits per heavy atom. The molecule has 3 aromatic carbocycles. The fourth-order valence-corrected chi connectivity index (χ4v) is 4.39. The zero-order valence-corrected chi connectivity index (χ0v) is 28.8. The maximum Gasteiger partial charge on any atom is 0.490 e. The summed E-state index contributed by atoms with van der Waals surface area (Å²) in [6.07, 6.45) is -8.67. The van der Waals surface area contributed by atoms with E-state index in [1.165, 1.54) is 6.07 Å². The fraction of sp³-hybridized carbons (Fsp3) is 0.265. The van der Waals surface area contributed by atoms with Gasteiger partial charge in [0.2, 0.25) is 5.91 Å². The number of halogens is 7. The number of aliphatic carboxylic acids is 2. The maximum absolute atomic E-state index is 16.1. The van der Waals surface area contributed by atoms with Gasteiger partial charge in [0.1, 0.15) is 23.5 Å². The lowest BCUT2D eigenvalue weighted by Gasteiger charge is -2.23. The number of primary amides is 1. The third-order valence-corrected chi connectivity index (χ3v) is 6.66. The van der Waals surface area contributed by atoms with Gasteiger partial charge in [-0.1, -0.05) is 18.2 Å². The Morgan fingerprint density at radius 1 is 0.944 bits per heavy atom. The number of amides is 1. The van der Waals surface area contributed by atoms with E-state index in [9.17, 15) is 31.1 Å². The number of nitrogens with one attached hydrogen (secondary N) is 2. The molecule has 1 heterocycles. The number of carboxylic acid groups (broad SMARTS) is 2. The van der Waals surface area contributed by atoms with E-state index in [-0.39, 0.29) is 23.3 Å². The zero-order valence-electron chi connectivity index (χ0n) is 28.8. The molecule has 0 radical (unpaired) electrons. The van der Waals surface area contributed by atoms with Gasteiger partial charge >= 0.3 is 24.3 Å². The first kappa shape index (κ1) is 43.8. The smallest absolute Gasteiger partial charge is 0.490 e. The SMILES string of the molecule is CCOc1cc(OC(C)C)c(F)c(C(Nc2ccc(C(=N)N)cc2)c2nc(-c3ccccc3C(N)=O)cn2C)c1.O=C(O)C(F)(F)F.O=C(O)C(F)(F)F. The van der Waals surface area contributed by atoms with E-state index in [0.717, 1.165) is 0 Å². The molecule has 4 aromatic rings. The van der Waals surface area contributed by atoms with Crippen molar-refractivity contribution in [2.75, 3.05) is 11.9 Å². The number of benzene rings is 3. The highest BCUT2D eigenvalue weighted by atomic mass is 19.4. The Labute approximate surface area is 302 Å². The number of ether oxygens (including phenoxy) is 2. The first-order valence-corrected chi connectivity index (χ1v) is 15.3. The van der Waals surface area contributed by atoms with Crippen molar-refractivity contribution in [2.45, 2.75) is 45.3 Å². The average molecular weight is 773 g/mol. The number of nitrogen functional groups attached to an aromatic ring is 1. The van der Waals surface area contributed by atoms with Crippen LogP contribution >= 0.6 is 0 Å². The van der Waals surface area contributed by atoms with E-state index in [0.29, 0.717) is 46.3 Å². The number of alkyl halides is 6. The Bertz CT molecular complexity index is 1920. The zero-order chi connectivity index (χ0) is 41.1. The lowest BCUT2D eigenvalue weighted by molar-refractivity contribution is -0.193. The van der Waals surface area contributed by atoms with Crippen molar-refractivity contribution < 1.29 is 64.8 Å². The van der Waals surface area contributed by atoms with Crippen molar-refractivity contribution in [1.82, 2.24) is 9.55 Å². The van der Waals surface area contributed by atoms with Gasteiger partial charge in [-0.2, -0.15) is 26.3 Å². The van der Waals surface area contributed by atoms with Gasteiger partial charge < -0.3 is 41.0 Å². The molecular formula is C34H35F7N6O7. The summed E-state index contributed by atoms with van der Waals surface area (Å²) >= 11 is 0. The molecule has 20 heteroatoms. The second kappa shape index (κ2) is 18.4. The minimum Gasteiger partial charge on any atom is -0.494 e. The molecule has 4 rings (SSSR count). The van der Waals surface area contributed by atoms with Crippen molar-refractivity contribution in [2.24, 2.45) is 18.5 Å². The van der Waals surface area contributed by atoms with Gasteiger partial charge in [-0.15, -0.1) is 0 Å². The molecule has 0 bridgehead atoms. The quantitative estimate of drug-likeness (QED) is 0.0571. The molecule has 0 saturated heterocycles. The van der Waals surface area contributed by atoms with Gasteiger partial charge in [-0.3, -0.25) is 10.2 Å². The number of nitrogens with two attached hydrogens (primary N) is 2. The molecule has 0 aliphatic carbocycles. The number of anilines is 1. The number of rotatable bonds is 11. The minimum absolute atomic E-state index is 0.0585. The Balaban J connectivity index is 0.000000610. The summed E-state index contributed by atoms with van der Waals surface area (Å²) in [5.41, 5.74) is 14.1. The molecule has 0 fully saturated rings. The number of carbonyl (C=O) groups excluding carboxylic acids is 1. The molecule has 13 nitrogen and oxygen atoms in total. The van der Waals surface area contributed by atoms with Gasteiger partial charge in [-0.25, -0.2) is 19.0 Å². The van der Waals surface area contributed by atoms with Gasteiger partial charge in [0.15, 0.2) is 11.6 Å². The van der Waals surface area contributed by atoms with Crippen LogP contribution in [0.3, 0.4) is 0 Å². The van der Waals surface area contributed by atoms with Crippen LogP contribution in [-0.4, -0.2) is 68.5 Å². The first-order chi connectivity index (χ1) is 25.0. The van der Waals surface area contributed by atoms with Crippen LogP contribution in [0.5, 0.6) is 11.5 Å². The number of hydrogen-bond donors (Lipinski definition) is 6. The van der Waals surface area contributed by atoms with E-state index in [1.807, 2.05) is 20.8 Å². The summed E-state index contributed by atoms with van der Waals surface area (Å²) in [7, 11) is 1.79. The molecule has 1 atom stereocenters. The second-order valence-electron chi connectivity index (χ2n) is 11.1. The minimum atomic E-state index is -5.08. The van der Waals surface area contributed by atoms with Crippen molar-refractivity contribution in [3.63, 3.8) is 0 Å². The molecule has 1 unspecified atom stereocenters. The number of carbonyl (C=O) groups is 3.